The highest BCUT2D eigenvalue weighted by Gasteiger charge is 2.34. The number of hydrogen-bond acceptors (Lipinski definition) is 3. The molecule has 2 aliphatic heterocycles. The molecule has 4 heteroatoms. The molecule has 0 aromatic carbocycles. The molecular weight excluding hydrogens is 262 g/mol. The SMILES string of the molecule is O=C(NCCCN1CCCC1)C1CCC2CCCCC2N1. The average Bonchev–Trinajstić information content (AvgIpc) is 3.04. The van der Waals surface area contributed by atoms with Crippen molar-refractivity contribution >= 4 is 5.91 Å². The fourth-order valence-corrected chi connectivity index (χ4v) is 4.35. The first-order valence-electron chi connectivity index (χ1n) is 9.09. The van der Waals surface area contributed by atoms with Crippen LogP contribution in [-0.2, 0) is 4.79 Å². The highest BCUT2D eigenvalue weighted by atomic mass is 16.2. The van der Waals surface area contributed by atoms with Crippen molar-refractivity contribution in [1.29, 1.82) is 0 Å². The molecule has 0 radical (unpaired) electrons. The molecule has 1 aliphatic carbocycles. The van der Waals surface area contributed by atoms with E-state index in [1.54, 1.807) is 0 Å². The minimum absolute atomic E-state index is 0.0659. The monoisotopic (exact) mass is 293 g/mol. The lowest BCUT2D eigenvalue weighted by atomic mass is 9.77. The van der Waals surface area contributed by atoms with Crippen molar-refractivity contribution < 1.29 is 4.79 Å². The van der Waals surface area contributed by atoms with Crippen LogP contribution in [-0.4, -0.2) is 49.1 Å². The lowest BCUT2D eigenvalue weighted by Crippen LogP contribution is -2.55. The molecule has 2 N–H and O–H groups in total. The van der Waals surface area contributed by atoms with Gasteiger partial charge in [-0.1, -0.05) is 12.8 Å². The summed E-state index contributed by atoms with van der Waals surface area (Å²) in [4.78, 5) is 14.8. The highest BCUT2D eigenvalue weighted by Crippen LogP contribution is 2.32. The molecule has 4 nitrogen and oxygen atoms in total. The number of fused-ring (bicyclic) bond motifs is 1. The fourth-order valence-electron chi connectivity index (χ4n) is 4.35. The Hall–Kier alpha value is -0.610. The third-order valence-corrected chi connectivity index (χ3v) is 5.62. The Kier molecular flexibility index (Phi) is 5.53. The molecule has 3 atom stereocenters. The van der Waals surface area contributed by atoms with Crippen molar-refractivity contribution in [2.45, 2.75) is 69.9 Å². The molecule has 2 heterocycles. The molecule has 1 amide bonds. The van der Waals surface area contributed by atoms with E-state index in [-0.39, 0.29) is 11.9 Å². The van der Waals surface area contributed by atoms with Crippen molar-refractivity contribution in [3.63, 3.8) is 0 Å². The van der Waals surface area contributed by atoms with E-state index in [9.17, 15) is 4.79 Å². The van der Waals surface area contributed by atoms with Crippen molar-refractivity contribution in [1.82, 2.24) is 15.5 Å². The van der Waals surface area contributed by atoms with Crippen LogP contribution in [0.1, 0.15) is 57.8 Å². The number of nitrogens with one attached hydrogen (secondary N) is 2. The van der Waals surface area contributed by atoms with Gasteiger partial charge in [0.25, 0.3) is 0 Å². The van der Waals surface area contributed by atoms with Gasteiger partial charge >= 0.3 is 0 Å². The molecule has 3 unspecified atom stereocenters. The predicted octanol–water partition coefficient (Wildman–Crippen LogP) is 1.90. The number of piperidine rings is 1. The molecule has 1 saturated carbocycles. The van der Waals surface area contributed by atoms with Crippen LogP contribution in [0.15, 0.2) is 0 Å². The summed E-state index contributed by atoms with van der Waals surface area (Å²) >= 11 is 0. The topological polar surface area (TPSA) is 44.4 Å². The summed E-state index contributed by atoms with van der Waals surface area (Å²) in [5.74, 6) is 1.07. The maximum Gasteiger partial charge on any atom is 0.237 e. The van der Waals surface area contributed by atoms with Crippen LogP contribution in [0.3, 0.4) is 0 Å². The van der Waals surface area contributed by atoms with E-state index in [1.807, 2.05) is 0 Å². The zero-order valence-electron chi connectivity index (χ0n) is 13.3. The Morgan fingerprint density at radius 3 is 2.71 bits per heavy atom. The number of rotatable bonds is 5. The molecule has 3 fully saturated rings. The summed E-state index contributed by atoms with van der Waals surface area (Å²) in [5.41, 5.74) is 0. The van der Waals surface area contributed by atoms with Gasteiger partial charge in [-0.25, -0.2) is 0 Å². The number of amides is 1. The quantitative estimate of drug-likeness (QED) is 0.761. The van der Waals surface area contributed by atoms with Crippen LogP contribution in [0.25, 0.3) is 0 Å². The lowest BCUT2D eigenvalue weighted by Gasteiger charge is -2.39. The third-order valence-electron chi connectivity index (χ3n) is 5.62. The molecule has 21 heavy (non-hydrogen) atoms. The first-order chi connectivity index (χ1) is 10.3. The zero-order chi connectivity index (χ0) is 14.5. The van der Waals surface area contributed by atoms with Crippen molar-refractivity contribution in [2.75, 3.05) is 26.2 Å². The summed E-state index contributed by atoms with van der Waals surface area (Å²) in [6.45, 7) is 4.48. The van der Waals surface area contributed by atoms with Crippen molar-refractivity contribution in [3.05, 3.63) is 0 Å². The molecular formula is C17H31N3O. The molecule has 0 aromatic rings. The van der Waals surface area contributed by atoms with Gasteiger partial charge in [0.1, 0.15) is 0 Å². The van der Waals surface area contributed by atoms with E-state index in [1.165, 1.54) is 58.0 Å². The molecule has 0 bridgehead atoms. The molecule has 2 saturated heterocycles. The van der Waals surface area contributed by atoms with Crippen LogP contribution in [0.2, 0.25) is 0 Å². The Balaban J connectivity index is 1.33. The van der Waals surface area contributed by atoms with Gasteiger partial charge in [0.2, 0.25) is 5.91 Å². The maximum atomic E-state index is 12.3. The van der Waals surface area contributed by atoms with E-state index in [0.717, 1.165) is 31.8 Å². The van der Waals surface area contributed by atoms with Gasteiger partial charge in [0.15, 0.2) is 0 Å². The van der Waals surface area contributed by atoms with Gasteiger partial charge in [-0.15, -0.1) is 0 Å². The van der Waals surface area contributed by atoms with Crippen LogP contribution >= 0.6 is 0 Å². The van der Waals surface area contributed by atoms with E-state index in [2.05, 4.69) is 15.5 Å². The molecule has 0 spiro atoms. The maximum absolute atomic E-state index is 12.3. The first-order valence-corrected chi connectivity index (χ1v) is 9.09. The summed E-state index contributed by atoms with van der Waals surface area (Å²) in [7, 11) is 0. The van der Waals surface area contributed by atoms with E-state index in [0.29, 0.717) is 6.04 Å². The van der Waals surface area contributed by atoms with E-state index >= 15 is 0 Å². The third kappa shape index (κ3) is 4.19. The van der Waals surface area contributed by atoms with E-state index < -0.39 is 0 Å². The Labute approximate surface area is 129 Å². The second kappa shape index (κ2) is 7.59. The van der Waals surface area contributed by atoms with Gasteiger partial charge in [-0.2, -0.15) is 0 Å². The lowest BCUT2D eigenvalue weighted by molar-refractivity contribution is -0.124. The standard InChI is InChI=1S/C17H31N3O/c21-17(18-10-5-13-20-11-3-4-12-20)16-9-8-14-6-1-2-7-15(14)19-16/h14-16,19H,1-13H2,(H,18,21). The number of carbonyl (C=O) groups excluding carboxylic acids is 1. The molecule has 3 aliphatic rings. The Bertz CT molecular complexity index is 341. The zero-order valence-corrected chi connectivity index (χ0v) is 13.3. The highest BCUT2D eigenvalue weighted by molar-refractivity contribution is 5.81. The number of hydrogen-bond donors (Lipinski definition) is 2. The summed E-state index contributed by atoms with van der Waals surface area (Å²) in [6, 6.07) is 0.670. The largest absolute Gasteiger partial charge is 0.355 e. The van der Waals surface area contributed by atoms with Crippen molar-refractivity contribution in [2.24, 2.45) is 5.92 Å². The van der Waals surface area contributed by atoms with E-state index in [4.69, 9.17) is 0 Å². The van der Waals surface area contributed by atoms with Crippen LogP contribution in [0.4, 0.5) is 0 Å². The van der Waals surface area contributed by atoms with Crippen LogP contribution in [0.5, 0.6) is 0 Å². The number of nitrogens with zero attached hydrogens (tertiary/aromatic N) is 1. The number of carbonyl (C=O) groups is 1. The molecule has 120 valence electrons. The minimum atomic E-state index is 0.0659. The minimum Gasteiger partial charge on any atom is -0.355 e. The number of likely N-dealkylation sites (tertiary alicyclic amines) is 1. The van der Waals surface area contributed by atoms with Crippen LogP contribution in [0, 0.1) is 5.92 Å². The second-order valence-corrected chi connectivity index (χ2v) is 7.14. The van der Waals surface area contributed by atoms with Crippen LogP contribution < -0.4 is 10.6 Å². The van der Waals surface area contributed by atoms with Gasteiger partial charge < -0.3 is 15.5 Å². The predicted molar refractivity (Wildman–Crippen MR) is 85.2 cm³/mol. The van der Waals surface area contributed by atoms with Gasteiger partial charge in [-0.05, 0) is 70.5 Å². The normalized spacial score (nSPS) is 33.6. The second-order valence-electron chi connectivity index (χ2n) is 7.14. The van der Waals surface area contributed by atoms with Crippen molar-refractivity contribution in [3.8, 4) is 0 Å². The van der Waals surface area contributed by atoms with Gasteiger partial charge in [0.05, 0.1) is 6.04 Å². The summed E-state index contributed by atoms with van der Waals surface area (Å²) in [5, 5.41) is 6.76. The molecule has 3 rings (SSSR count). The Morgan fingerprint density at radius 1 is 1.05 bits per heavy atom. The molecule has 0 aromatic heterocycles. The first kappa shape index (κ1) is 15.3. The fraction of sp³-hybridized carbons (Fsp3) is 0.941. The average molecular weight is 293 g/mol. The van der Waals surface area contributed by atoms with Gasteiger partial charge in [-0.3, -0.25) is 4.79 Å². The smallest absolute Gasteiger partial charge is 0.237 e. The Morgan fingerprint density at radius 2 is 1.86 bits per heavy atom. The summed E-state index contributed by atoms with van der Waals surface area (Å²) in [6.07, 6.45) is 11.4. The summed E-state index contributed by atoms with van der Waals surface area (Å²) < 4.78 is 0. The van der Waals surface area contributed by atoms with Gasteiger partial charge in [0, 0.05) is 12.6 Å².